The van der Waals surface area contributed by atoms with Crippen LogP contribution < -0.4 is 0 Å². The molecule has 1 N–H and O–H groups in total. The van der Waals surface area contributed by atoms with E-state index in [-0.39, 0.29) is 18.5 Å². The normalized spacial score (nSPS) is 19.7. The van der Waals surface area contributed by atoms with Gasteiger partial charge in [0.25, 0.3) is 0 Å². The molecule has 3 heterocycles. The number of amides is 1. The summed E-state index contributed by atoms with van der Waals surface area (Å²) in [5, 5.41) is 20.8. The number of nitrogens with zero attached hydrogens (tertiary/aromatic N) is 5. The number of fused-ring (bicyclic) bond motifs is 3. The monoisotopic (exact) mass is 411 g/mol. The van der Waals surface area contributed by atoms with E-state index in [1.807, 2.05) is 25.3 Å². The first-order valence-electron chi connectivity index (χ1n) is 10.1. The van der Waals surface area contributed by atoms with Crippen molar-refractivity contribution in [2.24, 2.45) is 5.92 Å². The fourth-order valence-electron chi connectivity index (χ4n) is 4.49. The van der Waals surface area contributed by atoms with Crippen molar-refractivity contribution < 1.29 is 9.90 Å². The van der Waals surface area contributed by atoms with Gasteiger partial charge in [0, 0.05) is 18.6 Å². The highest BCUT2D eigenvalue weighted by Gasteiger charge is 2.29. The molecule has 4 rings (SSSR count). The highest BCUT2D eigenvalue weighted by Crippen LogP contribution is 2.38. The van der Waals surface area contributed by atoms with Crippen LogP contribution in [0.1, 0.15) is 51.4 Å². The van der Waals surface area contributed by atoms with Gasteiger partial charge in [0.15, 0.2) is 0 Å². The van der Waals surface area contributed by atoms with E-state index in [0.29, 0.717) is 12.5 Å². The van der Waals surface area contributed by atoms with Crippen LogP contribution in [-0.2, 0) is 6.42 Å². The van der Waals surface area contributed by atoms with Crippen LogP contribution in [0.15, 0.2) is 17.6 Å². The minimum Gasteiger partial charge on any atom is -0.465 e. The molecule has 3 aromatic rings. The van der Waals surface area contributed by atoms with Crippen molar-refractivity contribution in [3.8, 4) is 6.07 Å². The Labute approximate surface area is 173 Å². The van der Waals surface area contributed by atoms with E-state index < -0.39 is 6.09 Å². The van der Waals surface area contributed by atoms with Gasteiger partial charge >= 0.3 is 6.09 Å². The van der Waals surface area contributed by atoms with Crippen LogP contribution >= 0.6 is 11.3 Å². The SMILES string of the molecule is CC(C)N(C[C@H]1CC[C@H](n2c(CC#N)nc3cnc4ccsc4c32)CC1)C(=O)O. The highest BCUT2D eigenvalue weighted by atomic mass is 32.1. The Bertz CT molecular complexity index is 1070. The molecule has 1 aliphatic carbocycles. The third-order valence-electron chi connectivity index (χ3n) is 5.94. The third-order valence-corrected chi connectivity index (χ3v) is 6.85. The lowest BCUT2D eigenvalue weighted by Gasteiger charge is -2.34. The van der Waals surface area contributed by atoms with Gasteiger partial charge in [-0.15, -0.1) is 11.3 Å². The fraction of sp³-hybridized carbons (Fsp3) is 0.524. The molecule has 1 aliphatic rings. The van der Waals surface area contributed by atoms with Crippen molar-refractivity contribution in [2.45, 2.75) is 58.0 Å². The number of aromatic nitrogens is 3. The minimum absolute atomic E-state index is 0.00957. The van der Waals surface area contributed by atoms with E-state index in [2.05, 4.69) is 15.6 Å². The molecule has 0 bridgehead atoms. The smallest absolute Gasteiger partial charge is 0.407 e. The standard InChI is InChI=1S/C21H25N5O2S/c1-13(2)25(21(27)28)12-14-3-5-15(6-4-14)26-18(7-9-22)24-17-11-23-16-8-10-29-20(16)19(17)26/h8,10-11,13-15H,3-7,12H2,1-2H3,(H,27,28)/t14-,15-. The Morgan fingerprint density at radius 1 is 1.38 bits per heavy atom. The third kappa shape index (κ3) is 3.67. The maximum Gasteiger partial charge on any atom is 0.407 e. The number of imidazole rings is 1. The average molecular weight is 412 g/mol. The van der Waals surface area contributed by atoms with E-state index in [1.165, 1.54) is 0 Å². The van der Waals surface area contributed by atoms with Crippen molar-refractivity contribution in [1.82, 2.24) is 19.4 Å². The molecule has 7 nitrogen and oxygen atoms in total. The van der Waals surface area contributed by atoms with Gasteiger partial charge in [-0.25, -0.2) is 9.78 Å². The Kier molecular flexibility index (Phi) is 5.41. The Morgan fingerprint density at radius 3 is 2.79 bits per heavy atom. The van der Waals surface area contributed by atoms with Gasteiger partial charge in [-0.05, 0) is 56.9 Å². The number of thiophene rings is 1. The van der Waals surface area contributed by atoms with Gasteiger partial charge in [-0.1, -0.05) is 0 Å². The summed E-state index contributed by atoms with van der Waals surface area (Å²) in [6.07, 6.45) is 5.14. The van der Waals surface area contributed by atoms with Crippen LogP contribution in [0.2, 0.25) is 0 Å². The molecule has 0 spiro atoms. The molecule has 3 aromatic heterocycles. The zero-order valence-electron chi connectivity index (χ0n) is 16.7. The Hall–Kier alpha value is -2.66. The van der Waals surface area contributed by atoms with Crippen LogP contribution in [0.25, 0.3) is 21.3 Å². The summed E-state index contributed by atoms with van der Waals surface area (Å²) in [7, 11) is 0. The van der Waals surface area contributed by atoms with Crippen LogP contribution in [0.5, 0.6) is 0 Å². The van der Waals surface area contributed by atoms with Crippen LogP contribution in [-0.4, -0.2) is 43.2 Å². The fourth-order valence-corrected chi connectivity index (χ4v) is 5.38. The van der Waals surface area contributed by atoms with Crippen LogP contribution in [0.4, 0.5) is 4.79 Å². The molecule has 0 aliphatic heterocycles. The zero-order chi connectivity index (χ0) is 20.5. The molecule has 0 atom stereocenters. The second-order valence-corrected chi connectivity index (χ2v) is 8.98. The molecule has 0 unspecified atom stereocenters. The van der Waals surface area contributed by atoms with Gasteiger partial charge in [0.05, 0.1) is 34.4 Å². The van der Waals surface area contributed by atoms with Gasteiger partial charge in [0.2, 0.25) is 0 Å². The summed E-state index contributed by atoms with van der Waals surface area (Å²) in [4.78, 5) is 22.3. The molecule has 29 heavy (non-hydrogen) atoms. The zero-order valence-corrected chi connectivity index (χ0v) is 17.5. The van der Waals surface area contributed by atoms with E-state index >= 15 is 0 Å². The Balaban J connectivity index is 1.61. The van der Waals surface area contributed by atoms with Gasteiger partial charge in [0.1, 0.15) is 11.3 Å². The van der Waals surface area contributed by atoms with Crippen molar-refractivity contribution in [2.75, 3.05) is 6.54 Å². The predicted molar refractivity (Wildman–Crippen MR) is 113 cm³/mol. The second kappa shape index (κ2) is 7.99. The minimum atomic E-state index is -0.841. The van der Waals surface area contributed by atoms with E-state index in [9.17, 15) is 15.2 Å². The van der Waals surface area contributed by atoms with Crippen LogP contribution in [0.3, 0.4) is 0 Å². The molecule has 0 radical (unpaired) electrons. The maximum absolute atomic E-state index is 11.5. The molecular weight excluding hydrogens is 386 g/mol. The number of nitriles is 1. The number of rotatable bonds is 5. The van der Waals surface area contributed by atoms with Crippen molar-refractivity contribution >= 4 is 38.7 Å². The van der Waals surface area contributed by atoms with Crippen molar-refractivity contribution in [1.29, 1.82) is 5.26 Å². The molecule has 0 aromatic carbocycles. The molecule has 8 heteroatoms. The number of pyridine rings is 1. The molecular formula is C21H25N5O2S. The van der Waals surface area contributed by atoms with Crippen LogP contribution in [0, 0.1) is 17.2 Å². The number of carboxylic acid groups (broad SMARTS) is 1. The Morgan fingerprint density at radius 2 is 2.14 bits per heavy atom. The second-order valence-electron chi connectivity index (χ2n) is 8.06. The van der Waals surface area contributed by atoms with E-state index in [0.717, 1.165) is 52.8 Å². The summed E-state index contributed by atoms with van der Waals surface area (Å²) in [5.41, 5.74) is 2.91. The molecule has 152 valence electrons. The summed E-state index contributed by atoms with van der Waals surface area (Å²) >= 11 is 1.66. The van der Waals surface area contributed by atoms with Crippen molar-refractivity contribution in [3.05, 3.63) is 23.5 Å². The average Bonchev–Trinajstić information content (AvgIpc) is 3.30. The molecule has 1 fully saturated rings. The first-order chi connectivity index (χ1) is 14.0. The summed E-state index contributed by atoms with van der Waals surface area (Å²) in [6, 6.07) is 4.54. The number of carbonyl (C=O) groups is 1. The number of hydrogen-bond acceptors (Lipinski definition) is 5. The lowest BCUT2D eigenvalue weighted by Crippen LogP contribution is -2.40. The molecule has 1 saturated carbocycles. The molecule has 1 amide bonds. The van der Waals surface area contributed by atoms with Gasteiger partial charge < -0.3 is 14.6 Å². The van der Waals surface area contributed by atoms with E-state index in [1.54, 1.807) is 22.4 Å². The first kappa shape index (κ1) is 19.6. The van der Waals surface area contributed by atoms with Gasteiger partial charge in [-0.2, -0.15) is 5.26 Å². The first-order valence-corrected chi connectivity index (χ1v) is 11.0. The maximum atomic E-state index is 11.5. The largest absolute Gasteiger partial charge is 0.465 e. The van der Waals surface area contributed by atoms with Gasteiger partial charge in [-0.3, -0.25) is 4.98 Å². The van der Waals surface area contributed by atoms with E-state index in [4.69, 9.17) is 4.98 Å². The quantitative estimate of drug-likeness (QED) is 0.649. The van der Waals surface area contributed by atoms with Crippen molar-refractivity contribution in [3.63, 3.8) is 0 Å². The highest BCUT2D eigenvalue weighted by molar-refractivity contribution is 7.18. The number of hydrogen-bond donors (Lipinski definition) is 1. The predicted octanol–water partition coefficient (Wildman–Crippen LogP) is 4.83. The summed E-state index contributed by atoms with van der Waals surface area (Å²) < 4.78 is 3.39. The topological polar surface area (TPSA) is 95.0 Å². The lowest BCUT2D eigenvalue weighted by atomic mass is 9.85. The lowest BCUT2D eigenvalue weighted by molar-refractivity contribution is 0.112. The summed E-state index contributed by atoms with van der Waals surface area (Å²) in [6.45, 7) is 4.44. The summed E-state index contributed by atoms with van der Waals surface area (Å²) in [5.74, 6) is 1.19. The molecule has 0 saturated heterocycles.